The Morgan fingerprint density at radius 2 is 2.18 bits per heavy atom. The van der Waals surface area contributed by atoms with Gasteiger partial charge in [0.05, 0.1) is 6.04 Å². The van der Waals surface area contributed by atoms with Gasteiger partial charge in [-0.25, -0.2) is 0 Å². The molecule has 0 unspecified atom stereocenters. The zero-order chi connectivity index (χ0) is 12.0. The van der Waals surface area contributed by atoms with Gasteiger partial charge in [0, 0.05) is 11.7 Å². The molecule has 0 radical (unpaired) electrons. The maximum atomic E-state index is 11.9. The molecule has 3 rings (SSSR count). The fourth-order valence-corrected chi connectivity index (χ4v) is 2.28. The third-order valence-corrected chi connectivity index (χ3v) is 3.76. The average molecular weight is 233 g/mol. The Morgan fingerprint density at radius 1 is 1.47 bits per heavy atom. The van der Waals surface area contributed by atoms with Gasteiger partial charge in [0.2, 0.25) is 0 Å². The molecule has 2 aliphatic carbocycles. The number of aryl methyl sites for hydroxylation is 1. The molecule has 4 heteroatoms. The van der Waals surface area contributed by atoms with Crippen molar-refractivity contribution in [3.05, 3.63) is 17.5 Å². The summed E-state index contributed by atoms with van der Waals surface area (Å²) < 4.78 is 2.01. The SMILES string of the molecule is Cc1cc(C(=O)NC2CC2)nn1[C@@H](C)C1CC1. The molecule has 0 bridgehead atoms. The van der Waals surface area contributed by atoms with E-state index in [0.717, 1.165) is 24.5 Å². The molecule has 1 aromatic rings. The van der Waals surface area contributed by atoms with Crippen LogP contribution < -0.4 is 5.32 Å². The van der Waals surface area contributed by atoms with Crippen LogP contribution in [-0.2, 0) is 0 Å². The number of nitrogens with one attached hydrogen (secondary N) is 1. The van der Waals surface area contributed by atoms with E-state index in [9.17, 15) is 4.79 Å². The lowest BCUT2D eigenvalue weighted by molar-refractivity contribution is 0.0945. The van der Waals surface area contributed by atoms with Gasteiger partial charge in [0.15, 0.2) is 0 Å². The second-order valence-corrected chi connectivity index (χ2v) is 5.44. The molecule has 17 heavy (non-hydrogen) atoms. The number of carbonyl (C=O) groups is 1. The van der Waals surface area contributed by atoms with E-state index in [-0.39, 0.29) is 5.91 Å². The number of amides is 1. The highest BCUT2D eigenvalue weighted by Gasteiger charge is 2.31. The van der Waals surface area contributed by atoms with Crippen molar-refractivity contribution in [3.63, 3.8) is 0 Å². The normalized spacial score (nSPS) is 21.3. The summed E-state index contributed by atoms with van der Waals surface area (Å²) in [4.78, 5) is 11.9. The summed E-state index contributed by atoms with van der Waals surface area (Å²) in [5.41, 5.74) is 1.66. The molecule has 1 N–H and O–H groups in total. The van der Waals surface area contributed by atoms with Crippen LogP contribution in [0.5, 0.6) is 0 Å². The molecule has 0 saturated heterocycles. The van der Waals surface area contributed by atoms with Gasteiger partial charge in [0.25, 0.3) is 5.91 Å². The lowest BCUT2D eigenvalue weighted by Gasteiger charge is -2.12. The Hall–Kier alpha value is -1.32. The third kappa shape index (κ3) is 2.21. The molecule has 1 amide bonds. The van der Waals surface area contributed by atoms with E-state index in [1.54, 1.807) is 0 Å². The van der Waals surface area contributed by atoms with Gasteiger partial charge in [0.1, 0.15) is 5.69 Å². The highest BCUT2D eigenvalue weighted by atomic mass is 16.2. The van der Waals surface area contributed by atoms with Crippen molar-refractivity contribution < 1.29 is 4.79 Å². The molecule has 2 saturated carbocycles. The van der Waals surface area contributed by atoms with Crippen molar-refractivity contribution >= 4 is 5.91 Å². The first-order valence-electron chi connectivity index (χ1n) is 6.52. The molecule has 2 aliphatic rings. The summed E-state index contributed by atoms with van der Waals surface area (Å²) >= 11 is 0. The second-order valence-electron chi connectivity index (χ2n) is 5.44. The maximum Gasteiger partial charge on any atom is 0.272 e. The van der Waals surface area contributed by atoms with Crippen LogP contribution in [0.1, 0.15) is 54.8 Å². The van der Waals surface area contributed by atoms with Gasteiger partial charge < -0.3 is 5.32 Å². The minimum Gasteiger partial charge on any atom is -0.348 e. The molecular formula is C13H19N3O. The van der Waals surface area contributed by atoms with Crippen LogP contribution in [0, 0.1) is 12.8 Å². The number of carbonyl (C=O) groups excluding carboxylic acids is 1. The number of hydrogen-bond acceptors (Lipinski definition) is 2. The summed E-state index contributed by atoms with van der Waals surface area (Å²) in [6.45, 7) is 4.22. The molecule has 0 aliphatic heterocycles. The van der Waals surface area contributed by atoms with Crippen LogP contribution >= 0.6 is 0 Å². The van der Waals surface area contributed by atoms with E-state index >= 15 is 0 Å². The van der Waals surface area contributed by atoms with Crippen molar-refractivity contribution in [2.24, 2.45) is 5.92 Å². The lowest BCUT2D eigenvalue weighted by atomic mass is 10.2. The van der Waals surface area contributed by atoms with E-state index in [1.807, 2.05) is 17.7 Å². The van der Waals surface area contributed by atoms with Crippen LogP contribution in [0.15, 0.2) is 6.07 Å². The van der Waals surface area contributed by atoms with Crippen LogP contribution in [0.3, 0.4) is 0 Å². The Balaban J connectivity index is 1.76. The van der Waals surface area contributed by atoms with Crippen molar-refractivity contribution in [1.29, 1.82) is 0 Å². The topological polar surface area (TPSA) is 46.9 Å². The third-order valence-electron chi connectivity index (χ3n) is 3.76. The Labute approximate surface area is 101 Å². The summed E-state index contributed by atoms with van der Waals surface area (Å²) in [6.07, 6.45) is 4.82. The quantitative estimate of drug-likeness (QED) is 0.865. The molecule has 1 heterocycles. The highest BCUT2D eigenvalue weighted by molar-refractivity contribution is 5.92. The van der Waals surface area contributed by atoms with Crippen LogP contribution in [0.4, 0.5) is 0 Å². The van der Waals surface area contributed by atoms with E-state index in [4.69, 9.17) is 0 Å². The minimum absolute atomic E-state index is 0.0163. The highest BCUT2D eigenvalue weighted by Crippen LogP contribution is 2.39. The predicted octanol–water partition coefficient (Wildman–Crippen LogP) is 2.05. The van der Waals surface area contributed by atoms with Gasteiger partial charge >= 0.3 is 0 Å². The first-order valence-corrected chi connectivity index (χ1v) is 6.52. The van der Waals surface area contributed by atoms with E-state index in [1.165, 1.54) is 12.8 Å². The van der Waals surface area contributed by atoms with Crippen LogP contribution in [0.2, 0.25) is 0 Å². The molecule has 2 fully saturated rings. The predicted molar refractivity (Wildman–Crippen MR) is 64.9 cm³/mol. The monoisotopic (exact) mass is 233 g/mol. The fraction of sp³-hybridized carbons (Fsp3) is 0.692. The van der Waals surface area contributed by atoms with E-state index in [2.05, 4.69) is 17.3 Å². The summed E-state index contributed by atoms with van der Waals surface area (Å²) in [5, 5.41) is 7.44. The first-order chi connectivity index (χ1) is 8.15. The van der Waals surface area contributed by atoms with Crippen molar-refractivity contribution in [2.75, 3.05) is 0 Å². The lowest BCUT2D eigenvalue weighted by Crippen LogP contribution is -2.26. The number of aromatic nitrogens is 2. The number of hydrogen-bond donors (Lipinski definition) is 1. The van der Waals surface area contributed by atoms with Crippen LogP contribution in [0.25, 0.3) is 0 Å². The smallest absolute Gasteiger partial charge is 0.272 e. The van der Waals surface area contributed by atoms with E-state index in [0.29, 0.717) is 17.8 Å². The molecule has 1 atom stereocenters. The summed E-state index contributed by atoms with van der Waals surface area (Å²) in [6, 6.07) is 2.72. The van der Waals surface area contributed by atoms with Crippen molar-refractivity contribution in [3.8, 4) is 0 Å². The number of rotatable bonds is 4. The van der Waals surface area contributed by atoms with Crippen molar-refractivity contribution in [2.45, 2.75) is 51.6 Å². The maximum absolute atomic E-state index is 11.9. The zero-order valence-corrected chi connectivity index (χ0v) is 10.4. The Bertz CT molecular complexity index is 444. The number of nitrogens with zero attached hydrogens (tertiary/aromatic N) is 2. The second kappa shape index (κ2) is 3.86. The molecule has 0 spiro atoms. The van der Waals surface area contributed by atoms with E-state index < -0.39 is 0 Å². The zero-order valence-electron chi connectivity index (χ0n) is 10.4. The first kappa shape index (κ1) is 10.8. The van der Waals surface area contributed by atoms with Gasteiger partial charge in [-0.15, -0.1) is 0 Å². The molecule has 1 aromatic heterocycles. The van der Waals surface area contributed by atoms with Crippen molar-refractivity contribution in [1.82, 2.24) is 15.1 Å². The van der Waals surface area contributed by atoms with Gasteiger partial charge in [-0.05, 0) is 51.5 Å². The standard InChI is InChI=1S/C13H19N3O/c1-8-7-12(13(17)14-11-5-6-11)15-16(8)9(2)10-3-4-10/h7,9-11H,3-6H2,1-2H3,(H,14,17)/t9-/m0/s1. The Morgan fingerprint density at radius 3 is 2.76 bits per heavy atom. The van der Waals surface area contributed by atoms with Gasteiger partial charge in [-0.1, -0.05) is 0 Å². The fourth-order valence-electron chi connectivity index (χ4n) is 2.28. The van der Waals surface area contributed by atoms with Gasteiger partial charge in [-0.2, -0.15) is 5.10 Å². The largest absolute Gasteiger partial charge is 0.348 e. The molecule has 92 valence electrons. The average Bonchev–Trinajstić information content (AvgIpc) is 3.16. The summed E-state index contributed by atoms with van der Waals surface area (Å²) in [7, 11) is 0. The molecular weight excluding hydrogens is 214 g/mol. The van der Waals surface area contributed by atoms with Gasteiger partial charge in [-0.3, -0.25) is 9.48 Å². The summed E-state index contributed by atoms with van der Waals surface area (Å²) in [5.74, 6) is 0.741. The molecule has 0 aromatic carbocycles. The Kier molecular flexibility index (Phi) is 2.45. The minimum atomic E-state index is -0.0163. The molecule has 4 nitrogen and oxygen atoms in total. The van der Waals surface area contributed by atoms with Crippen LogP contribution in [-0.4, -0.2) is 21.7 Å².